The molecule has 18 heavy (non-hydrogen) atoms. The molecule has 94 valence electrons. The van der Waals surface area contributed by atoms with Crippen molar-refractivity contribution in [3.05, 3.63) is 53.7 Å². The van der Waals surface area contributed by atoms with Crippen molar-refractivity contribution in [1.29, 1.82) is 0 Å². The molecule has 1 unspecified atom stereocenters. The third-order valence-corrected chi connectivity index (χ3v) is 2.88. The van der Waals surface area contributed by atoms with Gasteiger partial charge >= 0.3 is 0 Å². The lowest BCUT2D eigenvalue weighted by atomic mass is 9.89. The molecule has 2 aromatic rings. The molecule has 2 rings (SSSR count). The summed E-state index contributed by atoms with van der Waals surface area (Å²) in [5.74, 6) is 0.622. The number of nitrogens with zero attached hydrogens (tertiary/aromatic N) is 1. The average molecular weight is 244 g/mol. The third-order valence-electron chi connectivity index (χ3n) is 2.88. The van der Waals surface area contributed by atoms with E-state index in [0.29, 0.717) is 12.2 Å². The van der Waals surface area contributed by atoms with E-state index in [9.17, 15) is 10.2 Å². The molecule has 0 saturated carbocycles. The van der Waals surface area contributed by atoms with Gasteiger partial charge in [-0.2, -0.15) is 0 Å². The van der Waals surface area contributed by atoms with E-state index in [0.717, 1.165) is 11.1 Å². The fourth-order valence-electron chi connectivity index (χ4n) is 1.92. The van der Waals surface area contributed by atoms with Gasteiger partial charge in [0.1, 0.15) is 11.6 Å². The lowest BCUT2D eigenvalue weighted by Crippen LogP contribution is -2.24. The van der Waals surface area contributed by atoms with Crippen LogP contribution in [0.2, 0.25) is 0 Å². The standard InChI is InChI=1S/C14H16N2O2/c1-14(18,11-2-4-12(17)5-3-11)9-10-6-7-16-13(15)8-10/h2-8,17-18H,9H2,1H3,(H2,15,16). The van der Waals surface area contributed by atoms with E-state index in [1.54, 1.807) is 43.5 Å². The first kappa shape index (κ1) is 12.4. The number of benzene rings is 1. The number of pyridine rings is 1. The highest BCUT2D eigenvalue weighted by Gasteiger charge is 2.23. The predicted octanol–water partition coefficient (Wildman–Crippen LogP) is 1.82. The minimum atomic E-state index is -1.01. The van der Waals surface area contributed by atoms with Crippen LogP contribution in [0.1, 0.15) is 18.1 Å². The molecule has 0 aliphatic heterocycles. The zero-order chi connectivity index (χ0) is 13.2. The number of aromatic nitrogens is 1. The Bertz CT molecular complexity index is 536. The Morgan fingerprint density at radius 2 is 1.89 bits per heavy atom. The minimum absolute atomic E-state index is 0.183. The van der Waals surface area contributed by atoms with E-state index < -0.39 is 5.60 Å². The Kier molecular flexibility index (Phi) is 3.21. The van der Waals surface area contributed by atoms with E-state index in [4.69, 9.17) is 5.73 Å². The maximum absolute atomic E-state index is 10.5. The first-order valence-electron chi connectivity index (χ1n) is 5.70. The smallest absolute Gasteiger partial charge is 0.123 e. The molecule has 0 aliphatic carbocycles. The zero-order valence-corrected chi connectivity index (χ0v) is 10.2. The maximum atomic E-state index is 10.5. The highest BCUT2D eigenvalue weighted by molar-refractivity contribution is 5.35. The molecule has 0 amide bonds. The Hall–Kier alpha value is -2.07. The molecule has 0 radical (unpaired) electrons. The fourth-order valence-corrected chi connectivity index (χ4v) is 1.92. The van der Waals surface area contributed by atoms with Crippen LogP contribution >= 0.6 is 0 Å². The van der Waals surface area contributed by atoms with Crippen LogP contribution in [0, 0.1) is 0 Å². The number of rotatable bonds is 3. The van der Waals surface area contributed by atoms with Crippen molar-refractivity contribution in [2.24, 2.45) is 0 Å². The van der Waals surface area contributed by atoms with Gasteiger partial charge in [-0.3, -0.25) is 0 Å². The molecule has 1 heterocycles. The molecule has 0 saturated heterocycles. The van der Waals surface area contributed by atoms with Gasteiger partial charge in [0.15, 0.2) is 0 Å². The second-order valence-corrected chi connectivity index (χ2v) is 4.59. The molecule has 4 heteroatoms. The predicted molar refractivity (Wildman–Crippen MR) is 70.0 cm³/mol. The quantitative estimate of drug-likeness (QED) is 0.769. The highest BCUT2D eigenvalue weighted by Crippen LogP contribution is 2.26. The summed E-state index contributed by atoms with van der Waals surface area (Å²) in [4.78, 5) is 3.92. The van der Waals surface area contributed by atoms with E-state index >= 15 is 0 Å². The molecule has 4 nitrogen and oxygen atoms in total. The van der Waals surface area contributed by atoms with Gasteiger partial charge in [-0.05, 0) is 42.3 Å². The topological polar surface area (TPSA) is 79.4 Å². The molecular weight excluding hydrogens is 228 g/mol. The van der Waals surface area contributed by atoms with Crippen LogP contribution in [0.3, 0.4) is 0 Å². The number of aromatic hydroxyl groups is 1. The summed E-state index contributed by atoms with van der Waals surface area (Å²) >= 11 is 0. The molecular formula is C14H16N2O2. The van der Waals surface area contributed by atoms with Crippen LogP contribution in [0.4, 0.5) is 5.82 Å². The molecule has 4 N–H and O–H groups in total. The van der Waals surface area contributed by atoms with E-state index in [1.807, 2.05) is 6.07 Å². The lowest BCUT2D eigenvalue weighted by Gasteiger charge is -2.24. The normalized spacial score (nSPS) is 14.1. The molecule has 0 spiro atoms. The average Bonchev–Trinajstić information content (AvgIpc) is 2.29. The van der Waals surface area contributed by atoms with Gasteiger partial charge in [-0.15, -0.1) is 0 Å². The Morgan fingerprint density at radius 3 is 2.50 bits per heavy atom. The minimum Gasteiger partial charge on any atom is -0.508 e. The van der Waals surface area contributed by atoms with Crippen molar-refractivity contribution in [3.63, 3.8) is 0 Å². The van der Waals surface area contributed by atoms with Crippen LogP contribution in [0.25, 0.3) is 0 Å². The Morgan fingerprint density at radius 1 is 1.22 bits per heavy atom. The van der Waals surface area contributed by atoms with Crippen molar-refractivity contribution in [3.8, 4) is 5.75 Å². The van der Waals surface area contributed by atoms with Crippen molar-refractivity contribution in [2.75, 3.05) is 5.73 Å². The summed E-state index contributed by atoms with van der Waals surface area (Å²) in [6, 6.07) is 10.1. The molecule has 0 aliphatic rings. The van der Waals surface area contributed by atoms with E-state index in [1.165, 1.54) is 0 Å². The van der Waals surface area contributed by atoms with Gasteiger partial charge in [0, 0.05) is 12.6 Å². The van der Waals surface area contributed by atoms with Crippen molar-refractivity contribution in [2.45, 2.75) is 18.9 Å². The van der Waals surface area contributed by atoms with Gasteiger partial charge in [0.2, 0.25) is 0 Å². The van der Waals surface area contributed by atoms with Crippen LogP contribution in [-0.2, 0) is 12.0 Å². The lowest BCUT2D eigenvalue weighted by molar-refractivity contribution is 0.0576. The molecule has 0 fully saturated rings. The number of aliphatic hydroxyl groups is 1. The number of phenols is 1. The van der Waals surface area contributed by atoms with E-state index in [-0.39, 0.29) is 5.75 Å². The largest absolute Gasteiger partial charge is 0.508 e. The van der Waals surface area contributed by atoms with Crippen LogP contribution in [0.15, 0.2) is 42.6 Å². The summed E-state index contributed by atoms with van der Waals surface area (Å²) in [7, 11) is 0. The second-order valence-electron chi connectivity index (χ2n) is 4.59. The highest BCUT2D eigenvalue weighted by atomic mass is 16.3. The first-order valence-corrected chi connectivity index (χ1v) is 5.70. The van der Waals surface area contributed by atoms with E-state index in [2.05, 4.69) is 4.98 Å². The summed E-state index contributed by atoms with van der Waals surface area (Å²) in [6.07, 6.45) is 2.06. The van der Waals surface area contributed by atoms with Crippen molar-refractivity contribution in [1.82, 2.24) is 4.98 Å². The first-order chi connectivity index (χ1) is 8.47. The summed E-state index contributed by atoms with van der Waals surface area (Å²) in [6.45, 7) is 1.73. The molecule has 1 aromatic carbocycles. The number of nitrogens with two attached hydrogens (primary N) is 1. The molecule has 1 atom stereocenters. The van der Waals surface area contributed by atoms with Gasteiger partial charge < -0.3 is 15.9 Å². The van der Waals surface area contributed by atoms with Gasteiger partial charge in [0.25, 0.3) is 0 Å². The van der Waals surface area contributed by atoms with Gasteiger partial charge in [-0.25, -0.2) is 4.98 Å². The van der Waals surface area contributed by atoms with Gasteiger partial charge in [-0.1, -0.05) is 12.1 Å². The monoisotopic (exact) mass is 244 g/mol. The summed E-state index contributed by atoms with van der Waals surface area (Å²) in [5.41, 5.74) is 6.26. The second kappa shape index (κ2) is 4.66. The van der Waals surface area contributed by atoms with Crippen molar-refractivity contribution >= 4 is 5.82 Å². The number of hydrogen-bond acceptors (Lipinski definition) is 4. The van der Waals surface area contributed by atoms with Crippen LogP contribution < -0.4 is 5.73 Å². The number of anilines is 1. The summed E-state index contributed by atoms with van der Waals surface area (Å²) < 4.78 is 0. The van der Waals surface area contributed by atoms with Crippen LogP contribution in [-0.4, -0.2) is 15.2 Å². The fraction of sp³-hybridized carbons (Fsp3) is 0.214. The Labute approximate surface area is 106 Å². The number of hydrogen-bond donors (Lipinski definition) is 3. The molecule has 0 bridgehead atoms. The Balaban J connectivity index is 2.23. The van der Waals surface area contributed by atoms with Crippen LogP contribution in [0.5, 0.6) is 5.75 Å². The van der Waals surface area contributed by atoms with Gasteiger partial charge in [0.05, 0.1) is 5.60 Å². The number of nitrogen functional groups attached to an aromatic ring is 1. The summed E-state index contributed by atoms with van der Waals surface area (Å²) in [5, 5.41) is 19.7. The maximum Gasteiger partial charge on any atom is 0.123 e. The number of phenolic OH excluding ortho intramolecular Hbond substituents is 1. The zero-order valence-electron chi connectivity index (χ0n) is 10.2. The molecule has 1 aromatic heterocycles. The van der Waals surface area contributed by atoms with Crippen molar-refractivity contribution < 1.29 is 10.2 Å². The SMILES string of the molecule is CC(O)(Cc1ccnc(N)c1)c1ccc(O)cc1. The third kappa shape index (κ3) is 2.78.